The van der Waals surface area contributed by atoms with Gasteiger partial charge in [-0.05, 0) is 74.0 Å². The zero-order valence-corrected chi connectivity index (χ0v) is 31.9. The van der Waals surface area contributed by atoms with Crippen molar-refractivity contribution in [1.82, 2.24) is 24.8 Å². The number of anilines is 1. The van der Waals surface area contributed by atoms with Gasteiger partial charge in [-0.1, -0.05) is 63.3 Å². The van der Waals surface area contributed by atoms with Gasteiger partial charge in [-0.15, -0.1) is 11.3 Å². The Morgan fingerprint density at radius 1 is 1.10 bits per heavy atom. The van der Waals surface area contributed by atoms with Crippen LogP contribution in [0.25, 0.3) is 0 Å². The van der Waals surface area contributed by atoms with Gasteiger partial charge in [0.15, 0.2) is 5.13 Å². The molecule has 4 amide bonds. The zero-order valence-electron chi connectivity index (χ0n) is 29.5. The van der Waals surface area contributed by atoms with Gasteiger partial charge in [0.2, 0.25) is 21.8 Å². The summed E-state index contributed by atoms with van der Waals surface area (Å²) in [5.74, 6) is -2.31. The highest BCUT2D eigenvalue weighted by Gasteiger charge is 2.62. The number of aryl methyl sites for hydroxylation is 1. The number of carbonyl (C=O) groups excluding carboxylic acids is 3. The van der Waals surface area contributed by atoms with Crippen LogP contribution in [0.15, 0.2) is 24.4 Å². The molecule has 2 aliphatic heterocycles. The van der Waals surface area contributed by atoms with Gasteiger partial charge < -0.3 is 20.6 Å². The first-order valence-electron chi connectivity index (χ1n) is 18.5. The molecule has 1 aromatic heterocycles. The number of aromatic nitrogens is 1. The van der Waals surface area contributed by atoms with Crippen molar-refractivity contribution < 1.29 is 32.7 Å². The van der Waals surface area contributed by atoms with Gasteiger partial charge in [0.25, 0.3) is 5.91 Å². The molecule has 0 bridgehead atoms. The monoisotopic (exact) mass is 774 g/mol. The minimum atomic E-state index is -3.86. The number of carboxylic acid groups (broad SMARTS) is 1. The maximum absolute atomic E-state index is 15.0. The molecule has 0 radical (unpaired) electrons. The molecule has 7 rings (SSSR count). The Kier molecular flexibility index (Phi) is 10.2. The average molecular weight is 775 g/mol. The van der Waals surface area contributed by atoms with E-state index in [1.165, 1.54) is 16.2 Å². The third-order valence-corrected chi connectivity index (χ3v) is 15.1. The van der Waals surface area contributed by atoms with Crippen molar-refractivity contribution in [2.45, 2.75) is 120 Å². The quantitative estimate of drug-likeness (QED) is 0.229. The van der Waals surface area contributed by atoms with E-state index in [9.17, 15) is 32.7 Å². The number of carbonyl (C=O) groups is 4. The van der Waals surface area contributed by atoms with Gasteiger partial charge in [-0.2, -0.15) is 0 Å². The summed E-state index contributed by atoms with van der Waals surface area (Å²) in [5, 5.41) is 17.2. The van der Waals surface area contributed by atoms with Crippen molar-refractivity contribution in [1.29, 1.82) is 0 Å². The number of hydrogen-bond donors (Lipinski definition) is 4. The van der Waals surface area contributed by atoms with Crippen LogP contribution in [0.4, 0.5) is 9.93 Å². The molecule has 4 N–H and O–H groups in total. The highest BCUT2D eigenvalue weighted by Crippen LogP contribution is 2.49. The van der Waals surface area contributed by atoms with Crippen LogP contribution < -0.4 is 15.4 Å². The second-order valence-electron chi connectivity index (χ2n) is 15.1. The summed E-state index contributed by atoms with van der Waals surface area (Å²) < 4.78 is 27.8. The molecule has 3 aliphatic carbocycles. The molecule has 282 valence electrons. The summed E-state index contributed by atoms with van der Waals surface area (Å²) in [6, 6.07) is 2.99. The van der Waals surface area contributed by atoms with Crippen molar-refractivity contribution in [3.05, 3.63) is 45.4 Å². The van der Waals surface area contributed by atoms with E-state index in [1.54, 1.807) is 23.2 Å². The lowest BCUT2D eigenvalue weighted by Crippen LogP contribution is -2.58. The Labute approximate surface area is 313 Å². The van der Waals surface area contributed by atoms with Crippen molar-refractivity contribution >= 4 is 61.9 Å². The normalized spacial score (nSPS) is 27.9. The lowest BCUT2D eigenvalue weighted by atomic mass is 9.83. The summed E-state index contributed by atoms with van der Waals surface area (Å²) >= 11 is 8.04. The van der Waals surface area contributed by atoms with E-state index in [0.29, 0.717) is 35.0 Å². The fourth-order valence-corrected chi connectivity index (χ4v) is 11.1. The SMILES string of the molecule is CCc1cnc(NC(C(=O)N2C[C@H](C3c4cccc(Cl)c4CN3C(=O)O)C[C@H]2C(=O)N[C@]2(C(=O)NS(=O)(=O)C3CC3)C[C@H]2CC)C2CCCCC2)s1. The second-order valence-corrected chi connectivity index (χ2v) is 18.6. The largest absolute Gasteiger partial charge is 0.465 e. The highest BCUT2D eigenvalue weighted by atomic mass is 35.5. The first kappa shape index (κ1) is 36.9. The van der Waals surface area contributed by atoms with Crippen LogP contribution in [0.3, 0.4) is 0 Å². The summed E-state index contributed by atoms with van der Waals surface area (Å²) in [7, 11) is -3.86. The zero-order chi connectivity index (χ0) is 36.9. The van der Waals surface area contributed by atoms with Crippen LogP contribution in [0.5, 0.6) is 0 Å². The maximum Gasteiger partial charge on any atom is 0.408 e. The van der Waals surface area contributed by atoms with Crippen LogP contribution in [0.2, 0.25) is 5.02 Å². The van der Waals surface area contributed by atoms with Crippen molar-refractivity contribution in [3.8, 4) is 0 Å². The molecule has 3 heterocycles. The Bertz CT molecular complexity index is 1850. The number of amides is 4. The summed E-state index contributed by atoms with van der Waals surface area (Å²) in [4.78, 5) is 64.3. The van der Waals surface area contributed by atoms with E-state index in [0.717, 1.165) is 49.0 Å². The van der Waals surface area contributed by atoms with Crippen LogP contribution in [-0.4, -0.2) is 81.5 Å². The van der Waals surface area contributed by atoms with E-state index >= 15 is 0 Å². The lowest BCUT2D eigenvalue weighted by molar-refractivity contribution is -0.141. The number of hydrogen-bond acceptors (Lipinski definition) is 9. The van der Waals surface area contributed by atoms with Gasteiger partial charge in [0, 0.05) is 28.6 Å². The minimum absolute atomic E-state index is 0.00262. The predicted octanol–water partition coefficient (Wildman–Crippen LogP) is 5.07. The van der Waals surface area contributed by atoms with Gasteiger partial charge in [0.1, 0.15) is 17.6 Å². The molecule has 2 unspecified atom stereocenters. The standard InChI is InChI=1S/C36H47ClN6O7S2/c1-3-22-16-36(22,33(46)41-52(49,50)24-13-14-24)40-31(44)28-15-21(30-25-11-8-12-27(37)26(25)19-43(30)35(47)48)18-42(28)32(45)29(20-9-6-5-7-10-20)39-34-38-17-23(4-2)51-34/h8,11-12,17,20-22,24,28-30H,3-7,9-10,13-16,18-19H2,1-2H3,(H,38,39)(H,40,44)(H,41,46)(H,47,48)/t21-,22-,28+,29?,30?,36-/m1/s1. The number of benzene rings is 1. The maximum atomic E-state index is 15.0. The summed E-state index contributed by atoms with van der Waals surface area (Å²) in [6.07, 6.45) is 8.13. The Hall–Kier alpha value is -3.43. The second kappa shape index (κ2) is 14.4. The molecular weight excluding hydrogens is 728 g/mol. The third-order valence-electron chi connectivity index (χ3n) is 11.9. The third kappa shape index (κ3) is 7.00. The van der Waals surface area contributed by atoms with Crippen molar-refractivity contribution in [3.63, 3.8) is 0 Å². The van der Waals surface area contributed by atoms with Gasteiger partial charge in [-0.25, -0.2) is 18.2 Å². The van der Waals surface area contributed by atoms with Crippen LogP contribution in [-0.2, 0) is 37.4 Å². The first-order chi connectivity index (χ1) is 24.9. The van der Waals surface area contributed by atoms with E-state index in [4.69, 9.17) is 11.6 Å². The highest BCUT2D eigenvalue weighted by molar-refractivity contribution is 7.91. The Morgan fingerprint density at radius 3 is 2.48 bits per heavy atom. The van der Waals surface area contributed by atoms with E-state index in [2.05, 4.69) is 20.3 Å². The number of nitrogens with zero attached hydrogens (tertiary/aromatic N) is 3. The number of likely N-dealkylation sites (tertiary alicyclic amines) is 1. The lowest BCUT2D eigenvalue weighted by Gasteiger charge is -2.35. The molecule has 5 aliphatic rings. The van der Waals surface area contributed by atoms with Crippen LogP contribution >= 0.6 is 22.9 Å². The summed E-state index contributed by atoms with van der Waals surface area (Å²) in [6.45, 7) is 4.12. The molecule has 52 heavy (non-hydrogen) atoms. The predicted molar refractivity (Wildman–Crippen MR) is 196 cm³/mol. The molecule has 16 heteroatoms. The number of rotatable bonds is 12. The molecule has 3 saturated carbocycles. The number of halogens is 1. The molecule has 1 aromatic carbocycles. The van der Waals surface area contributed by atoms with Gasteiger partial charge in [-0.3, -0.25) is 24.0 Å². The number of nitrogens with one attached hydrogen (secondary N) is 3. The fourth-order valence-electron chi connectivity index (χ4n) is 8.73. The van der Waals surface area contributed by atoms with Crippen molar-refractivity contribution in [2.24, 2.45) is 17.8 Å². The smallest absolute Gasteiger partial charge is 0.408 e. The molecule has 0 spiro atoms. The van der Waals surface area contributed by atoms with Crippen LogP contribution in [0.1, 0.15) is 100 Å². The molecule has 13 nitrogen and oxygen atoms in total. The molecule has 2 aromatic rings. The minimum Gasteiger partial charge on any atom is -0.465 e. The van der Waals surface area contributed by atoms with E-state index < -0.39 is 62.8 Å². The van der Waals surface area contributed by atoms with Gasteiger partial charge in [0.05, 0.1) is 17.8 Å². The number of thiazole rings is 1. The molecular formula is C36H47ClN6O7S2. The number of sulfonamides is 1. The Balaban J connectivity index is 1.22. The van der Waals surface area contributed by atoms with Crippen LogP contribution in [0, 0.1) is 17.8 Å². The Morgan fingerprint density at radius 2 is 1.85 bits per heavy atom. The average Bonchev–Trinajstić information content (AvgIpc) is 3.95. The fraction of sp³-hybridized carbons (Fsp3) is 0.639. The molecule has 4 fully saturated rings. The first-order valence-corrected chi connectivity index (χ1v) is 21.3. The van der Waals surface area contributed by atoms with Gasteiger partial charge >= 0.3 is 6.09 Å². The summed E-state index contributed by atoms with van der Waals surface area (Å²) in [5.41, 5.74) is 0.0371. The molecule has 6 atom stereocenters. The van der Waals surface area contributed by atoms with Crippen molar-refractivity contribution in [2.75, 3.05) is 11.9 Å². The van der Waals surface area contributed by atoms with E-state index in [-0.39, 0.29) is 43.7 Å². The molecule has 1 saturated heterocycles. The number of fused-ring (bicyclic) bond motifs is 1. The topological polar surface area (TPSA) is 178 Å². The van der Waals surface area contributed by atoms with E-state index in [1.807, 2.05) is 19.9 Å².